The molecule has 0 atom stereocenters. The summed E-state index contributed by atoms with van der Waals surface area (Å²) in [5.41, 5.74) is 1.43. The first-order valence-electron chi connectivity index (χ1n) is 4.79. The first kappa shape index (κ1) is 10.9. The third-order valence-corrected chi connectivity index (χ3v) is 2.41. The summed E-state index contributed by atoms with van der Waals surface area (Å²) in [4.78, 5) is 7.99. The van der Waals surface area contributed by atoms with Crippen LogP contribution in [0.1, 0.15) is 12.2 Å². The molecule has 2 aromatic heterocycles. The van der Waals surface area contributed by atoms with Crippen LogP contribution in [-0.2, 0) is 13.5 Å². The van der Waals surface area contributed by atoms with Gasteiger partial charge in [-0.25, -0.2) is 4.98 Å². The molecule has 0 radical (unpaired) electrons. The molecule has 0 bridgehead atoms. The Balaban J connectivity index is 2.28. The summed E-state index contributed by atoms with van der Waals surface area (Å²) in [5.74, 6) is 0.431. The van der Waals surface area contributed by atoms with Gasteiger partial charge in [-0.05, 0) is 6.07 Å². The highest BCUT2D eigenvalue weighted by molar-refractivity contribution is 5.74. The number of fused-ring (bicyclic) bond motifs is 1. The van der Waals surface area contributed by atoms with Crippen LogP contribution < -0.4 is 0 Å². The summed E-state index contributed by atoms with van der Waals surface area (Å²) in [5, 5.41) is 0. The Hall–Kier alpha value is -1.59. The van der Waals surface area contributed by atoms with Crippen LogP contribution in [0.4, 0.5) is 13.2 Å². The highest BCUT2D eigenvalue weighted by atomic mass is 19.4. The molecule has 0 saturated carbocycles. The fourth-order valence-electron chi connectivity index (χ4n) is 1.58. The van der Waals surface area contributed by atoms with Crippen LogP contribution in [-0.4, -0.2) is 20.7 Å². The normalized spacial score (nSPS) is 12.2. The van der Waals surface area contributed by atoms with E-state index in [2.05, 4.69) is 9.97 Å². The molecule has 86 valence electrons. The zero-order valence-electron chi connectivity index (χ0n) is 8.62. The van der Waals surface area contributed by atoms with E-state index in [9.17, 15) is 13.2 Å². The second kappa shape index (κ2) is 3.77. The van der Waals surface area contributed by atoms with E-state index in [-0.39, 0.29) is 6.42 Å². The molecule has 16 heavy (non-hydrogen) atoms. The lowest BCUT2D eigenvalue weighted by molar-refractivity contribution is -0.134. The van der Waals surface area contributed by atoms with Gasteiger partial charge in [-0.1, -0.05) is 0 Å². The summed E-state index contributed by atoms with van der Waals surface area (Å²) in [7, 11) is 1.71. The van der Waals surface area contributed by atoms with Crippen molar-refractivity contribution in [2.45, 2.75) is 19.0 Å². The molecule has 0 aliphatic carbocycles. The van der Waals surface area contributed by atoms with Gasteiger partial charge < -0.3 is 4.57 Å². The van der Waals surface area contributed by atoms with Crippen molar-refractivity contribution in [1.82, 2.24) is 14.5 Å². The number of halogens is 3. The molecular formula is C10H10F3N3. The number of aryl methyl sites for hydroxylation is 2. The Morgan fingerprint density at radius 1 is 1.38 bits per heavy atom. The summed E-state index contributed by atoms with van der Waals surface area (Å²) in [6.07, 6.45) is -1.95. The second-order valence-electron chi connectivity index (χ2n) is 3.57. The number of pyridine rings is 1. The smallest absolute Gasteiger partial charge is 0.331 e. The first-order valence-corrected chi connectivity index (χ1v) is 4.79. The molecule has 0 N–H and O–H groups in total. The summed E-state index contributed by atoms with van der Waals surface area (Å²) >= 11 is 0. The van der Waals surface area contributed by atoms with Gasteiger partial charge in [0.05, 0.1) is 18.1 Å². The minimum atomic E-state index is -4.14. The van der Waals surface area contributed by atoms with Crippen molar-refractivity contribution in [3.63, 3.8) is 0 Å². The fourth-order valence-corrected chi connectivity index (χ4v) is 1.58. The summed E-state index contributed by atoms with van der Waals surface area (Å²) in [6.45, 7) is 0. The van der Waals surface area contributed by atoms with E-state index in [0.29, 0.717) is 11.3 Å². The minimum absolute atomic E-state index is 0.103. The van der Waals surface area contributed by atoms with Crippen molar-refractivity contribution in [2.75, 3.05) is 0 Å². The number of nitrogens with zero attached hydrogens (tertiary/aromatic N) is 3. The molecule has 0 spiro atoms. The van der Waals surface area contributed by atoms with Crippen LogP contribution in [0, 0.1) is 0 Å². The van der Waals surface area contributed by atoms with E-state index < -0.39 is 12.6 Å². The average molecular weight is 229 g/mol. The third-order valence-electron chi connectivity index (χ3n) is 2.41. The Morgan fingerprint density at radius 3 is 2.75 bits per heavy atom. The molecule has 2 rings (SSSR count). The van der Waals surface area contributed by atoms with Crippen LogP contribution in [0.3, 0.4) is 0 Å². The lowest BCUT2D eigenvalue weighted by Crippen LogP contribution is -2.10. The largest absolute Gasteiger partial charge is 0.389 e. The Kier molecular flexibility index (Phi) is 2.57. The minimum Gasteiger partial charge on any atom is -0.331 e. The van der Waals surface area contributed by atoms with Gasteiger partial charge in [0, 0.05) is 19.7 Å². The van der Waals surface area contributed by atoms with Crippen LogP contribution >= 0.6 is 0 Å². The lowest BCUT2D eigenvalue weighted by Gasteiger charge is -2.05. The zero-order chi connectivity index (χ0) is 11.8. The molecule has 2 aromatic rings. The van der Waals surface area contributed by atoms with E-state index in [0.717, 1.165) is 5.52 Å². The maximum Gasteiger partial charge on any atom is 0.389 e. The summed E-state index contributed by atoms with van der Waals surface area (Å²) in [6, 6.07) is 1.74. The third kappa shape index (κ3) is 2.15. The molecule has 0 aromatic carbocycles. The molecule has 0 aliphatic rings. The van der Waals surface area contributed by atoms with Gasteiger partial charge in [-0.2, -0.15) is 13.2 Å². The van der Waals surface area contributed by atoms with E-state index in [1.807, 2.05) is 0 Å². The van der Waals surface area contributed by atoms with E-state index in [1.165, 1.54) is 0 Å². The molecule has 3 nitrogen and oxygen atoms in total. The highest BCUT2D eigenvalue weighted by Crippen LogP contribution is 2.23. The molecule has 6 heteroatoms. The highest BCUT2D eigenvalue weighted by Gasteiger charge is 2.27. The topological polar surface area (TPSA) is 30.7 Å². The van der Waals surface area contributed by atoms with Crippen LogP contribution in [0.5, 0.6) is 0 Å². The number of rotatable bonds is 2. The van der Waals surface area contributed by atoms with Gasteiger partial charge in [-0.3, -0.25) is 4.98 Å². The number of aromatic nitrogens is 3. The lowest BCUT2D eigenvalue weighted by atomic mass is 10.3. The maximum atomic E-state index is 12.1. The van der Waals surface area contributed by atoms with E-state index in [4.69, 9.17) is 0 Å². The fraction of sp³-hybridized carbons (Fsp3) is 0.400. The van der Waals surface area contributed by atoms with Crippen molar-refractivity contribution < 1.29 is 13.2 Å². The molecule has 0 amide bonds. The molecular weight excluding hydrogens is 219 g/mol. The van der Waals surface area contributed by atoms with Crippen LogP contribution in [0.2, 0.25) is 0 Å². The molecule has 2 heterocycles. The van der Waals surface area contributed by atoms with Crippen molar-refractivity contribution in [3.05, 3.63) is 24.3 Å². The Bertz CT molecular complexity index is 501. The number of hydrogen-bond donors (Lipinski definition) is 0. The van der Waals surface area contributed by atoms with Crippen LogP contribution in [0.25, 0.3) is 11.0 Å². The second-order valence-corrected chi connectivity index (χ2v) is 3.57. The maximum absolute atomic E-state index is 12.1. The SMILES string of the molecule is Cn1c(CCC(F)(F)F)nc2cnccc21. The van der Waals surface area contributed by atoms with Crippen LogP contribution in [0.15, 0.2) is 18.5 Å². The summed E-state index contributed by atoms with van der Waals surface area (Å²) < 4.78 is 37.9. The van der Waals surface area contributed by atoms with Gasteiger partial charge in [0.2, 0.25) is 0 Å². The van der Waals surface area contributed by atoms with Crippen molar-refractivity contribution in [3.8, 4) is 0 Å². The Morgan fingerprint density at radius 2 is 2.12 bits per heavy atom. The first-order chi connectivity index (χ1) is 7.47. The average Bonchev–Trinajstić information content (AvgIpc) is 2.53. The predicted octanol–water partition coefficient (Wildman–Crippen LogP) is 2.46. The number of imidazole rings is 1. The van der Waals surface area contributed by atoms with E-state index >= 15 is 0 Å². The molecule has 0 unspecified atom stereocenters. The van der Waals surface area contributed by atoms with Crippen molar-refractivity contribution >= 4 is 11.0 Å². The predicted molar refractivity (Wildman–Crippen MR) is 52.9 cm³/mol. The molecule has 0 aliphatic heterocycles. The van der Waals surface area contributed by atoms with Crippen molar-refractivity contribution in [1.29, 1.82) is 0 Å². The van der Waals surface area contributed by atoms with Gasteiger partial charge in [0.15, 0.2) is 0 Å². The van der Waals surface area contributed by atoms with Gasteiger partial charge in [0.25, 0.3) is 0 Å². The monoisotopic (exact) mass is 229 g/mol. The standard InChI is InChI=1S/C10H10F3N3/c1-16-8-3-5-14-6-7(8)15-9(16)2-4-10(11,12)13/h3,5-6H,2,4H2,1H3. The van der Waals surface area contributed by atoms with Gasteiger partial charge in [0.1, 0.15) is 11.3 Å². The van der Waals surface area contributed by atoms with Gasteiger partial charge in [-0.15, -0.1) is 0 Å². The van der Waals surface area contributed by atoms with Crippen molar-refractivity contribution in [2.24, 2.45) is 7.05 Å². The van der Waals surface area contributed by atoms with E-state index in [1.54, 1.807) is 30.1 Å². The quantitative estimate of drug-likeness (QED) is 0.792. The number of hydrogen-bond acceptors (Lipinski definition) is 2. The zero-order valence-corrected chi connectivity index (χ0v) is 8.62. The van der Waals surface area contributed by atoms with Gasteiger partial charge >= 0.3 is 6.18 Å². The molecule has 0 fully saturated rings. The Labute approximate surface area is 89.9 Å². The molecule has 0 saturated heterocycles. The number of alkyl halides is 3.